The van der Waals surface area contributed by atoms with Crippen LogP contribution in [0.15, 0.2) is 12.7 Å². The van der Waals surface area contributed by atoms with E-state index in [9.17, 15) is 4.57 Å². The van der Waals surface area contributed by atoms with E-state index in [4.69, 9.17) is 4.89 Å². The largest absolute Gasteiger partial charge is 0.333 e. The molecule has 0 aliphatic carbocycles. The third kappa shape index (κ3) is 2.97. The van der Waals surface area contributed by atoms with Crippen molar-refractivity contribution in [3.8, 4) is 0 Å². The lowest BCUT2D eigenvalue weighted by Gasteiger charge is -2.04. The van der Waals surface area contributed by atoms with Gasteiger partial charge in [0, 0.05) is 0 Å². The first kappa shape index (κ1) is 7.89. The normalized spacial score (nSPS) is 17.2. The van der Waals surface area contributed by atoms with Crippen molar-refractivity contribution in [1.82, 2.24) is 5.09 Å². The Morgan fingerprint density at radius 3 is 2.62 bits per heavy atom. The third-order valence-electron chi connectivity index (χ3n) is 0.726. The van der Waals surface area contributed by atoms with E-state index in [0.717, 1.165) is 0 Å². The second kappa shape index (κ2) is 3.02. The maximum Gasteiger partial charge on any atom is 0.270 e. The van der Waals surface area contributed by atoms with E-state index in [0.29, 0.717) is 0 Å². The van der Waals surface area contributed by atoms with Crippen LogP contribution in [-0.2, 0) is 4.57 Å². The Bertz CT molecular complexity index is 123. The van der Waals surface area contributed by atoms with Crippen molar-refractivity contribution in [2.24, 2.45) is 0 Å². The molecule has 3 nitrogen and oxygen atoms in total. The summed E-state index contributed by atoms with van der Waals surface area (Å²) in [4.78, 5) is 8.70. The van der Waals surface area contributed by atoms with Crippen LogP contribution in [0.25, 0.3) is 0 Å². The van der Waals surface area contributed by atoms with Gasteiger partial charge in [-0.3, -0.25) is 4.57 Å². The van der Waals surface area contributed by atoms with Gasteiger partial charge in [-0.2, -0.15) is 0 Å². The fourth-order valence-corrected chi connectivity index (χ4v) is 0.799. The summed E-state index contributed by atoms with van der Waals surface area (Å²) in [5, 5.41) is 2.28. The smallest absolute Gasteiger partial charge is 0.270 e. The van der Waals surface area contributed by atoms with Gasteiger partial charge >= 0.3 is 0 Å². The standard InChI is InChI=1S/C4H10NO2P/c1-3-4-8(6,7)5-2/h3H,1,4H2,2H3,(H2,5,6,7). The topological polar surface area (TPSA) is 49.3 Å². The maximum absolute atomic E-state index is 10.6. The Hall–Kier alpha value is -0.110. The summed E-state index contributed by atoms with van der Waals surface area (Å²) in [6.45, 7) is 3.32. The monoisotopic (exact) mass is 135 g/mol. The Labute approximate surface area is 48.9 Å². The van der Waals surface area contributed by atoms with Crippen molar-refractivity contribution in [1.29, 1.82) is 0 Å². The number of rotatable bonds is 3. The van der Waals surface area contributed by atoms with Crippen LogP contribution in [0.3, 0.4) is 0 Å². The van der Waals surface area contributed by atoms with Crippen molar-refractivity contribution >= 4 is 7.52 Å². The van der Waals surface area contributed by atoms with Crippen molar-refractivity contribution in [3.63, 3.8) is 0 Å². The Balaban J connectivity index is 3.72. The first-order chi connectivity index (χ1) is 3.62. The van der Waals surface area contributed by atoms with Gasteiger partial charge in [0.15, 0.2) is 0 Å². The summed E-state index contributed by atoms with van der Waals surface area (Å²) >= 11 is 0. The molecule has 0 aliphatic heterocycles. The van der Waals surface area contributed by atoms with Gasteiger partial charge in [0.05, 0.1) is 6.16 Å². The van der Waals surface area contributed by atoms with Crippen LogP contribution >= 0.6 is 7.52 Å². The molecule has 8 heavy (non-hydrogen) atoms. The van der Waals surface area contributed by atoms with Crippen molar-refractivity contribution in [2.75, 3.05) is 13.2 Å². The van der Waals surface area contributed by atoms with E-state index in [1.165, 1.54) is 13.1 Å². The molecule has 48 valence electrons. The highest BCUT2D eigenvalue weighted by molar-refractivity contribution is 7.56. The van der Waals surface area contributed by atoms with Crippen molar-refractivity contribution in [3.05, 3.63) is 12.7 Å². The Morgan fingerprint density at radius 1 is 2.00 bits per heavy atom. The molecular formula is C4H10NO2P. The lowest BCUT2D eigenvalue weighted by Crippen LogP contribution is -2.03. The number of nitrogens with one attached hydrogen (secondary N) is 1. The van der Waals surface area contributed by atoms with Crippen molar-refractivity contribution in [2.45, 2.75) is 0 Å². The van der Waals surface area contributed by atoms with E-state index < -0.39 is 7.52 Å². The highest BCUT2D eigenvalue weighted by Crippen LogP contribution is 2.33. The predicted octanol–water partition coefficient (Wildman–Crippen LogP) is 0.577. The molecule has 1 atom stereocenters. The molecule has 0 spiro atoms. The molecular weight excluding hydrogens is 125 g/mol. The van der Waals surface area contributed by atoms with Gasteiger partial charge in [-0.1, -0.05) is 6.08 Å². The molecule has 0 saturated heterocycles. The summed E-state index contributed by atoms with van der Waals surface area (Å²) in [5.74, 6) is 0. The molecule has 0 saturated carbocycles. The molecule has 0 aromatic rings. The average Bonchev–Trinajstić information content (AvgIpc) is 1.67. The lowest BCUT2D eigenvalue weighted by molar-refractivity contribution is 0.472. The molecule has 0 rings (SSSR count). The molecule has 0 aromatic carbocycles. The lowest BCUT2D eigenvalue weighted by atomic mass is 10.8. The minimum atomic E-state index is -3.04. The third-order valence-corrected chi connectivity index (χ3v) is 2.18. The van der Waals surface area contributed by atoms with Gasteiger partial charge in [0.1, 0.15) is 0 Å². The fourth-order valence-electron chi connectivity index (χ4n) is 0.266. The van der Waals surface area contributed by atoms with Gasteiger partial charge in [-0.15, -0.1) is 6.58 Å². The second-order valence-corrected chi connectivity index (χ2v) is 3.61. The Morgan fingerprint density at radius 2 is 2.50 bits per heavy atom. The van der Waals surface area contributed by atoms with Crippen LogP contribution in [0.1, 0.15) is 0 Å². The maximum atomic E-state index is 10.6. The van der Waals surface area contributed by atoms with E-state index in [1.54, 1.807) is 0 Å². The number of allylic oxidation sites excluding steroid dienone is 1. The van der Waals surface area contributed by atoms with Gasteiger partial charge in [0.2, 0.25) is 0 Å². The average molecular weight is 135 g/mol. The number of hydrogen-bond donors (Lipinski definition) is 2. The van der Waals surface area contributed by atoms with E-state index in [-0.39, 0.29) is 6.16 Å². The SMILES string of the molecule is C=CCP(=O)(O)NC. The van der Waals surface area contributed by atoms with E-state index in [2.05, 4.69) is 11.7 Å². The molecule has 2 N–H and O–H groups in total. The van der Waals surface area contributed by atoms with Gasteiger partial charge in [0.25, 0.3) is 7.52 Å². The van der Waals surface area contributed by atoms with Crippen LogP contribution in [0.5, 0.6) is 0 Å². The minimum absolute atomic E-state index is 0.128. The summed E-state index contributed by atoms with van der Waals surface area (Å²) in [5.41, 5.74) is 0. The fraction of sp³-hybridized carbons (Fsp3) is 0.500. The Kier molecular flexibility index (Phi) is 2.98. The summed E-state index contributed by atoms with van der Waals surface area (Å²) < 4.78 is 10.6. The molecule has 0 radical (unpaired) electrons. The zero-order valence-corrected chi connectivity index (χ0v) is 5.69. The first-order valence-corrected chi connectivity index (χ1v) is 4.08. The molecule has 1 unspecified atom stereocenters. The molecule has 0 fully saturated rings. The zero-order valence-electron chi connectivity index (χ0n) is 4.79. The van der Waals surface area contributed by atoms with E-state index in [1.807, 2.05) is 0 Å². The molecule has 0 bridgehead atoms. The molecule has 0 aliphatic rings. The van der Waals surface area contributed by atoms with Gasteiger partial charge in [-0.25, -0.2) is 5.09 Å². The molecule has 0 amide bonds. The van der Waals surface area contributed by atoms with Gasteiger partial charge in [-0.05, 0) is 7.05 Å². The quantitative estimate of drug-likeness (QED) is 0.439. The molecule has 0 aromatic heterocycles. The van der Waals surface area contributed by atoms with Crippen LogP contribution < -0.4 is 5.09 Å². The van der Waals surface area contributed by atoms with Crippen LogP contribution in [-0.4, -0.2) is 18.1 Å². The predicted molar refractivity (Wildman–Crippen MR) is 33.9 cm³/mol. The first-order valence-electron chi connectivity index (χ1n) is 2.24. The van der Waals surface area contributed by atoms with Crippen molar-refractivity contribution < 1.29 is 9.46 Å². The highest BCUT2D eigenvalue weighted by atomic mass is 31.2. The summed E-state index contributed by atoms with van der Waals surface area (Å²) in [6.07, 6.45) is 1.54. The molecule has 4 heteroatoms. The van der Waals surface area contributed by atoms with E-state index >= 15 is 0 Å². The van der Waals surface area contributed by atoms with Crippen LogP contribution in [0.4, 0.5) is 0 Å². The number of hydrogen-bond acceptors (Lipinski definition) is 1. The molecule has 0 heterocycles. The van der Waals surface area contributed by atoms with Gasteiger partial charge < -0.3 is 4.89 Å². The van der Waals surface area contributed by atoms with Crippen LogP contribution in [0, 0.1) is 0 Å². The second-order valence-electron chi connectivity index (χ2n) is 1.40. The van der Waals surface area contributed by atoms with Crippen LogP contribution in [0.2, 0.25) is 0 Å². The highest BCUT2D eigenvalue weighted by Gasteiger charge is 2.09. The minimum Gasteiger partial charge on any atom is -0.333 e. The summed E-state index contributed by atoms with van der Waals surface area (Å²) in [6, 6.07) is 0. The summed E-state index contributed by atoms with van der Waals surface area (Å²) in [7, 11) is -1.59. The zero-order chi connectivity index (χ0) is 6.62.